The lowest BCUT2D eigenvalue weighted by Crippen LogP contribution is -2.48. The van der Waals surface area contributed by atoms with Gasteiger partial charge in [-0.1, -0.05) is 43.2 Å². The Morgan fingerprint density at radius 1 is 1.15 bits per heavy atom. The maximum Gasteiger partial charge on any atom is 0.389 e. The van der Waals surface area contributed by atoms with Gasteiger partial charge in [-0.2, -0.15) is 13.2 Å². The highest BCUT2D eigenvalue weighted by Crippen LogP contribution is 2.39. The first-order valence-corrected chi connectivity index (χ1v) is 12.5. The summed E-state index contributed by atoms with van der Waals surface area (Å²) in [5.41, 5.74) is 6.16. The van der Waals surface area contributed by atoms with Crippen LogP contribution in [0.15, 0.2) is 47.5 Å². The van der Waals surface area contributed by atoms with Crippen LogP contribution in [-0.2, 0) is 14.4 Å². The third kappa shape index (κ3) is 6.73. The predicted molar refractivity (Wildman–Crippen MR) is 134 cm³/mol. The van der Waals surface area contributed by atoms with E-state index in [0.717, 1.165) is 12.8 Å². The molecule has 3 atom stereocenters. The molecule has 0 spiro atoms. The smallest absolute Gasteiger partial charge is 0.389 e. The molecular formula is C27H28F4N4O4. The maximum atomic E-state index is 15.2. The number of amides is 3. The number of hydrogen-bond acceptors (Lipinski definition) is 5. The summed E-state index contributed by atoms with van der Waals surface area (Å²) in [7, 11) is 1.26. The number of nitrogens with one attached hydrogen (secondary N) is 2. The molecule has 2 aliphatic rings. The third-order valence-electron chi connectivity index (χ3n) is 6.87. The van der Waals surface area contributed by atoms with Crippen molar-refractivity contribution in [2.24, 2.45) is 28.5 Å². The highest BCUT2D eigenvalue weighted by Gasteiger charge is 2.41. The Bertz CT molecular complexity index is 1280. The van der Waals surface area contributed by atoms with Gasteiger partial charge in [-0.25, -0.2) is 9.38 Å². The molecular weight excluding hydrogens is 520 g/mol. The lowest BCUT2D eigenvalue weighted by Gasteiger charge is -2.26. The number of carbonyl (C=O) groups is 3. The van der Waals surface area contributed by atoms with Crippen LogP contribution in [0.4, 0.5) is 23.2 Å². The molecule has 0 saturated heterocycles. The average molecular weight is 549 g/mol. The fourth-order valence-electron chi connectivity index (χ4n) is 4.67. The first kappa shape index (κ1) is 28.1. The molecule has 4 rings (SSSR count). The standard InChI is InChI=1S/C27H28F4N4O4/c1-39-19-10-9-17-21(15-5-3-2-4-6-15)33-24(26(38)34-22(17)20(19)28)35-25(37)16(11-12-27(29,30)31)18(23(32)36)13-14-7-8-14/h2-6,9-10,14,16,18,24H,7-8,11-13H2,1H3,(H2,32,36)(H,34,38)(H,35,37)/t16-,18+,24?/m1/s1. The van der Waals surface area contributed by atoms with Crippen molar-refractivity contribution >= 4 is 29.1 Å². The second kappa shape index (κ2) is 11.4. The third-order valence-corrected chi connectivity index (χ3v) is 6.87. The lowest BCUT2D eigenvalue weighted by molar-refractivity contribution is -0.146. The van der Waals surface area contributed by atoms with Crippen molar-refractivity contribution in [1.29, 1.82) is 0 Å². The fourth-order valence-corrected chi connectivity index (χ4v) is 4.67. The molecule has 0 bridgehead atoms. The number of benzodiazepines with no additional fused rings is 1. The molecule has 39 heavy (non-hydrogen) atoms. The molecule has 2 aromatic carbocycles. The highest BCUT2D eigenvalue weighted by molar-refractivity contribution is 6.20. The van der Waals surface area contributed by atoms with Gasteiger partial charge >= 0.3 is 6.18 Å². The molecule has 208 valence electrons. The lowest BCUT2D eigenvalue weighted by atomic mass is 9.83. The van der Waals surface area contributed by atoms with E-state index in [4.69, 9.17) is 10.5 Å². The van der Waals surface area contributed by atoms with Gasteiger partial charge < -0.3 is 21.1 Å². The summed E-state index contributed by atoms with van der Waals surface area (Å²) in [4.78, 5) is 43.2. The van der Waals surface area contributed by atoms with Crippen LogP contribution in [0.3, 0.4) is 0 Å². The zero-order chi connectivity index (χ0) is 28.3. The van der Waals surface area contributed by atoms with E-state index < -0.39 is 60.6 Å². The summed E-state index contributed by atoms with van der Waals surface area (Å²) >= 11 is 0. The van der Waals surface area contributed by atoms with Gasteiger partial charge in [0.15, 0.2) is 11.6 Å². The normalized spacial score (nSPS) is 18.6. The molecule has 1 fully saturated rings. The van der Waals surface area contributed by atoms with E-state index in [0.29, 0.717) is 5.56 Å². The van der Waals surface area contributed by atoms with E-state index in [2.05, 4.69) is 15.6 Å². The van der Waals surface area contributed by atoms with Crippen molar-refractivity contribution in [3.8, 4) is 5.75 Å². The molecule has 0 aromatic heterocycles. The van der Waals surface area contributed by atoms with Crippen molar-refractivity contribution in [2.75, 3.05) is 12.4 Å². The second-order valence-corrected chi connectivity index (χ2v) is 9.70. The number of methoxy groups -OCH3 is 1. The number of hydrogen-bond donors (Lipinski definition) is 3. The van der Waals surface area contributed by atoms with Crippen molar-refractivity contribution in [3.05, 3.63) is 59.4 Å². The van der Waals surface area contributed by atoms with Crippen LogP contribution >= 0.6 is 0 Å². The minimum Gasteiger partial charge on any atom is -0.494 e. The largest absolute Gasteiger partial charge is 0.494 e. The minimum absolute atomic E-state index is 0.0972. The SMILES string of the molecule is COc1ccc2c(c1F)NC(=O)C(NC(=O)[C@H](CCC(F)(F)F)[C@H](CC1CC1)C(N)=O)N=C2c1ccccc1. The number of carbonyl (C=O) groups excluding carboxylic acids is 3. The number of aliphatic imine (C=N–C) groups is 1. The molecule has 1 aliphatic heterocycles. The topological polar surface area (TPSA) is 123 Å². The zero-order valence-corrected chi connectivity index (χ0v) is 21.1. The molecule has 2 aromatic rings. The number of nitrogens with two attached hydrogens (primary N) is 1. The number of benzene rings is 2. The van der Waals surface area contributed by atoms with E-state index in [1.54, 1.807) is 30.3 Å². The maximum absolute atomic E-state index is 15.2. The van der Waals surface area contributed by atoms with Crippen molar-refractivity contribution in [3.63, 3.8) is 0 Å². The number of anilines is 1. The number of nitrogens with zero attached hydrogens (tertiary/aromatic N) is 1. The van der Waals surface area contributed by atoms with Gasteiger partial charge in [0.25, 0.3) is 5.91 Å². The number of halogens is 4. The van der Waals surface area contributed by atoms with E-state index in [1.165, 1.54) is 19.2 Å². The van der Waals surface area contributed by atoms with Crippen LogP contribution in [0.2, 0.25) is 0 Å². The Morgan fingerprint density at radius 2 is 1.85 bits per heavy atom. The summed E-state index contributed by atoms with van der Waals surface area (Å²) in [5, 5.41) is 4.80. The van der Waals surface area contributed by atoms with Crippen LogP contribution in [0.5, 0.6) is 5.75 Å². The Morgan fingerprint density at radius 3 is 2.44 bits per heavy atom. The molecule has 1 aliphatic carbocycles. The number of primary amides is 1. The quantitative estimate of drug-likeness (QED) is 0.390. The van der Waals surface area contributed by atoms with Crippen LogP contribution in [-0.4, -0.2) is 42.9 Å². The number of rotatable bonds is 10. The number of alkyl halides is 3. The van der Waals surface area contributed by atoms with E-state index in [9.17, 15) is 27.6 Å². The van der Waals surface area contributed by atoms with Gasteiger partial charge in [-0.3, -0.25) is 14.4 Å². The Kier molecular flexibility index (Phi) is 8.22. The average Bonchev–Trinajstić information content (AvgIpc) is 3.72. The molecule has 4 N–H and O–H groups in total. The number of ether oxygens (including phenoxy) is 1. The molecule has 3 amide bonds. The molecule has 1 heterocycles. The molecule has 12 heteroatoms. The summed E-state index contributed by atoms with van der Waals surface area (Å²) in [6, 6.07) is 11.3. The Labute approximate surface area is 222 Å². The van der Waals surface area contributed by atoms with Gasteiger partial charge in [-0.15, -0.1) is 0 Å². The van der Waals surface area contributed by atoms with Crippen LogP contribution in [0, 0.1) is 23.6 Å². The van der Waals surface area contributed by atoms with Crippen LogP contribution in [0.1, 0.15) is 43.2 Å². The summed E-state index contributed by atoms with van der Waals surface area (Å²) in [6.45, 7) is 0. The van der Waals surface area contributed by atoms with Crippen molar-refractivity contribution < 1.29 is 36.7 Å². The minimum atomic E-state index is -4.57. The van der Waals surface area contributed by atoms with Gasteiger partial charge in [0, 0.05) is 29.4 Å². The van der Waals surface area contributed by atoms with Gasteiger partial charge in [0.2, 0.25) is 18.0 Å². The molecule has 8 nitrogen and oxygen atoms in total. The first-order chi connectivity index (χ1) is 18.5. The van der Waals surface area contributed by atoms with Crippen LogP contribution in [0.25, 0.3) is 0 Å². The predicted octanol–water partition coefficient (Wildman–Crippen LogP) is 3.93. The second-order valence-electron chi connectivity index (χ2n) is 9.70. The molecule has 0 radical (unpaired) electrons. The van der Waals surface area contributed by atoms with Crippen LogP contribution < -0.4 is 21.1 Å². The summed E-state index contributed by atoms with van der Waals surface area (Å²) in [6.07, 6.45) is -6.45. The Hall–Kier alpha value is -3.96. The fraction of sp³-hybridized carbons (Fsp3) is 0.407. The van der Waals surface area contributed by atoms with E-state index in [1.807, 2.05) is 0 Å². The molecule has 1 unspecified atom stereocenters. The Balaban J connectivity index is 1.70. The van der Waals surface area contributed by atoms with Gasteiger partial charge in [0.05, 0.1) is 18.5 Å². The van der Waals surface area contributed by atoms with Gasteiger partial charge in [0.1, 0.15) is 0 Å². The van der Waals surface area contributed by atoms with Crippen molar-refractivity contribution in [1.82, 2.24) is 5.32 Å². The summed E-state index contributed by atoms with van der Waals surface area (Å²) < 4.78 is 59.5. The van der Waals surface area contributed by atoms with Gasteiger partial charge in [-0.05, 0) is 30.9 Å². The van der Waals surface area contributed by atoms with E-state index >= 15 is 4.39 Å². The van der Waals surface area contributed by atoms with Crippen molar-refractivity contribution in [2.45, 2.75) is 44.4 Å². The monoisotopic (exact) mass is 548 g/mol. The zero-order valence-electron chi connectivity index (χ0n) is 21.1. The van der Waals surface area contributed by atoms with E-state index in [-0.39, 0.29) is 35.1 Å². The first-order valence-electron chi connectivity index (χ1n) is 12.5. The molecule has 1 saturated carbocycles. The summed E-state index contributed by atoms with van der Waals surface area (Å²) in [5.74, 6) is -6.26. The highest BCUT2D eigenvalue weighted by atomic mass is 19.4. The number of fused-ring (bicyclic) bond motifs is 1.